The molecule has 1 amide bonds. The molecule has 5 nitrogen and oxygen atoms in total. The molecule has 1 aliphatic carbocycles. The van der Waals surface area contributed by atoms with E-state index in [0.29, 0.717) is 30.7 Å². The number of hydrogen-bond acceptors (Lipinski definition) is 4. The highest BCUT2D eigenvalue weighted by molar-refractivity contribution is 5.76. The minimum atomic E-state index is 0.152. The van der Waals surface area contributed by atoms with Gasteiger partial charge in [0.1, 0.15) is 11.5 Å². The lowest BCUT2D eigenvalue weighted by Crippen LogP contribution is -2.49. The molecule has 2 bridgehead atoms. The lowest BCUT2D eigenvalue weighted by molar-refractivity contribution is -0.124. The standard InChI is InChI=1S/C23H30N2O3/c1-27-20-8-2-5-17(11-20)14-25-15-18-6-3-7-19(16-25)22(18)12-23(26)24-13-21-9-4-10-28-21/h2,4-5,8-11,18-19,22H,3,6-7,12-16H2,1H3,(H,24,26). The molecule has 4 rings (SSSR count). The zero-order valence-corrected chi connectivity index (χ0v) is 16.6. The Morgan fingerprint density at radius 2 is 2.04 bits per heavy atom. The van der Waals surface area contributed by atoms with Crippen molar-refractivity contribution in [1.29, 1.82) is 0 Å². The van der Waals surface area contributed by atoms with Gasteiger partial charge < -0.3 is 14.5 Å². The minimum absolute atomic E-state index is 0.152. The molecule has 2 atom stereocenters. The summed E-state index contributed by atoms with van der Waals surface area (Å²) in [6.07, 6.45) is 6.06. The number of hydrogen-bond donors (Lipinski definition) is 1. The van der Waals surface area contributed by atoms with Gasteiger partial charge in [-0.15, -0.1) is 0 Å². The van der Waals surface area contributed by atoms with Crippen LogP contribution in [0.25, 0.3) is 0 Å². The Labute approximate surface area is 167 Å². The van der Waals surface area contributed by atoms with Crippen molar-refractivity contribution in [1.82, 2.24) is 10.2 Å². The molecule has 0 radical (unpaired) electrons. The number of rotatable bonds is 7. The second-order valence-electron chi connectivity index (χ2n) is 8.22. The number of methoxy groups -OCH3 is 1. The maximum Gasteiger partial charge on any atom is 0.220 e. The third-order valence-electron chi connectivity index (χ3n) is 6.35. The van der Waals surface area contributed by atoms with Gasteiger partial charge in [0.25, 0.3) is 0 Å². The maximum absolute atomic E-state index is 12.5. The molecule has 1 aromatic carbocycles. The van der Waals surface area contributed by atoms with Crippen LogP contribution in [0.5, 0.6) is 5.75 Å². The van der Waals surface area contributed by atoms with Crippen molar-refractivity contribution in [3.8, 4) is 5.75 Å². The lowest BCUT2D eigenvalue weighted by atomic mass is 9.67. The first-order valence-corrected chi connectivity index (χ1v) is 10.4. The van der Waals surface area contributed by atoms with Gasteiger partial charge in [-0.3, -0.25) is 9.69 Å². The van der Waals surface area contributed by atoms with Crippen LogP contribution in [0.1, 0.15) is 37.0 Å². The third kappa shape index (κ3) is 4.58. The molecular weight excluding hydrogens is 352 g/mol. The van der Waals surface area contributed by atoms with Gasteiger partial charge in [0.15, 0.2) is 0 Å². The van der Waals surface area contributed by atoms with E-state index in [9.17, 15) is 4.79 Å². The monoisotopic (exact) mass is 382 g/mol. The normalized spacial score (nSPS) is 24.7. The zero-order chi connectivity index (χ0) is 19.3. The topological polar surface area (TPSA) is 54.7 Å². The summed E-state index contributed by atoms with van der Waals surface area (Å²) >= 11 is 0. The molecule has 1 aliphatic heterocycles. The average Bonchev–Trinajstić information content (AvgIpc) is 3.21. The van der Waals surface area contributed by atoms with Gasteiger partial charge in [-0.25, -0.2) is 0 Å². The second-order valence-corrected chi connectivity index (χ2v) is 8.22. The molecule has 2 heterocycles. The molecule has 0 spiro atoms. The van der Waals surface area contributed by atoms with E-state index in [1.165, 1.54) is 24.8 Å². The van der Waals surface area contributed by atoms with Gasteiger partial charge in [-0.1, -0.05) is 18.6 Å². The zero-order valence-electron chi connectivity index (χ0n) is 16.6. The van der Waals surface area contributed by atoms with Crippen molar-refractivity contribution in [2.45, 2.75) is 38.8 Å². The Hall–Kier alpha value is -2.27. The Balaban J connectivity index is 1.33. The number of ether oxygens (including phenoxy) is 1. The number of furan rings is 1. The van der Waals surface area contributed by atoms with E-state index >= 15 is 0 Å². The molecule has 2 aliphatic rings. The van der Waals surface area contributed by atoms with E-state index in [1.807, 2.05) is 18.2 Å². The lowest BCUT2D eigenvalue weighted by Gasteiger charge is -2.47. The molecule has 1 aromatic heterocycles. The van der Waals surface area contributed by atoms with E-state index in [4.69, 9.17) is 9.15 Å². The summed E-state index contributed by atoms with van der Waals surface area (Å²) in [5.41, 5.74) is 1.30. The van der Waals surface area contributed by atoms with Crippen molar-refractivity contribution in [2.75, 3.05) is 20.2 Å². The van der Waals surface area contributed by atoms with E-state index in [2.05, 4.69) is 28.4 Å². The molecule has 2 unspecified atom stereocenters. The van der Waals surface area contributed by atoms with Crippen molar-refractivity contribution >= 4 is 5.91 Å². The summed E-state index contributed by atoms with van der Waals surface area (Å²) in [5, 5.41) is 3.03. The summed E-state index contributed by atoms with van der Waals surface area (Å²) < 4.78 is 10.7. The largest absolute Gasteiger partial charge is 0.497 e. The molecule has 1 N–H and O–H groups in total. The summed E-state index contributed by atoms with van der Waals surface area (Å²) in [6, 6.07) is 12.1. The van der Waals surface area contributed by atoms with Crippen LogP contribution in [-0.2, 0) is 17.9 Å². The first-order valence-electron chi connectivity index (χ1n) is 10.4. The highest BCUT2D eigenvalue weighted by atomic mass is 16.5. The molecule has 150 valence electrons. The Morgan fingerprint density at radius 1 is 1.21 bits per heavy atom. The molecular formula is C23H30N2O3. The fourth-order valence-electron chi connectivity index (χ4n) is 5.02. The molecule has 28 heavy (non-hydrogen) atoms. The molecule has 5 heteroatoms. The second kappa shape index (κ2) is 8.82. The van der Waals surface area contributed by atoms with E-state index in [0.717, 1.165) is 31.1 Å². The number of benzene rings is 1. The van der Waals surface area contributed by atoms with E-state index < -0.39 is 0 Å². The van der Waals surface area contributed by atoms with E-state index in [1.54, 1.807) is 13.4 Å². The molecule has 1 saturated carbocycles. The van der Waals surface area contributed by atoms with Crippen molar-refractivity contribution in [2.24, 2.45) is 17.8 Å². The number of likely N-dealkylation sites (tertiary alicyclic amines) is 1. The van der Waals surface area contributed by atoms with Crippen LogP contribution in [0.3, 0.4) is 0 Å². The molecule has 1 saturated heterocycles. The van der Waals surface area contributed by atoms with Crippen molar-refractivity contribution in [3.63, 3.8) is 0 Å². The van der Waals surface area contributed by atoms with Crippen LogP contribution in [0.4, 0.5) is 0 Å². The Morgan fingerprint density at radius 3 is 2.75 bits per heavy atom. The van der Waals surface area contributed by atoms with Gasteiger partial charge in [0, 0.05) is 26.1 Å². The highest BCUT2D eigenvalue weighted by Crippen LogP contribution is 2.42. The van der Waals surface area contributed by atoms with Gasteiger partial charge in [-0.05, 0) is 60.4 Å². The van der Waals surface area contributed by atoms with Crippen LogP contribution in [0, 0.1) is 17.8 Å². The fourth-order valence-corrected chi connectivity index (χ4v) is 5.02. The van der Waals surface area contributed by atoms with Gasteiger partial charge in [0.2, 0.25) is 5.91 Å². The number of carbonyl (C=O) groups is 1. The minimum Gasteiger partial charge on any atom is -0.497 e. The number of piperidine rings is 1. The summed E-state index contributed by atoms with van der Waals surface area (Å²) in [5.74, 6) is 3.62. The predicted octanol–water partition coefficient (Wildman–Crippen LogP) is 3.84. The first kappa shape index (κ1) is 19.1. The summed E-state index contributed by atoms with van der Waals surface area (Å²) in [6.45, 7) is 3.62. The number of amides is 1. The van der Waals surface area contributed by atoms with Crippen LogP contribution in [0.2, 0.25) is 0 Å². The smallest absolute Gasteiger partial charge is 0.220 e. The van der Waals surface area contributed by atoms with Gasteiger partial charge >= 0.3 is 0 Å². The van der Waals surface area contributed by atoms with Gasteiger partial charge in [-0.2, -0.15) is 0 Å². The number of carbonyl (C=O) groups excluding carboxylic acids is 1. The maximum atomic E-state index is 12.5. The predicted molar refractivity (Wildman–Crippen MR) is 108 cm³/mol. The van der Waals surface area contributed by atoms with E-state index in [-0.39, 0.29) is 5.91 Å². The number of nitrogens with zero attached hydrogens (tertiary/aromatic N) is 1. The molecule has 2 fully saturated rings. The summed E-state index contributed by atoms with van der Waals surface area (Å²) in [4.78, 5) is 15.1. The number of nitrogens with one attached hydrogen (secondary N) is 1. The van der Waals surface area contributed by atoms with Crippen LogP contribution < -0.4 is 10.1 Å². The van der Waals surface area contributed by atoms with Crippen molar-refractivity contribution < 1.29 is 13.9 Å². The Kier molecular flexibility index (Phi) is 6.01. The van der Waals surface area contributed by atoms with Crippen LogP contribution in [-0.4, -0.2) is 31.0 Å². The van der Waals surface area contributed by atoms with Crippen molar-refractivity contribution in [3.05, 3.63) is 54.0 Å². The summed E-state index contributed by atoms with van der Waals surface area (Å²) in [7, 11) is 1.71. The fraction of sp³-hybridized carbons (Fsp3) is 0.522. The first-order chi connectivity index (χ1) is 13.7. The third-order valence-corrected chi connectivity index (χ3v) is 6.35. The average molecular weight is 383 g/mol. The van der Waals surface area contributed by atoms with Gasteiger partial charge in [0.05, 0.1) is 19.9 Å². The Bertz CT molecular complexity index is 760. The number of fused-ring (bicyclic) bond motifs is 2. The quantitative estimate of drug-likeness (QED) is 0.790. The highest BCUT2D eigenvalue weighted by Gasteiger charge is 2.40. The van der Waals surface area contributed by atoms with Crippen LogP contribution >= 0.6 is 0 Å². The molecule has 2 aromatic rings. The SMILES string of the molecule is COc1cccc(CN2CC3CCCC(C2)C3CC(=O)NCc2ccco2)c1. The van der Waals surface area contributed by atoms with Crippen LogP contribution in [0.15, 0.2) is 47.1 Å².